The molecule has 0 aliphatic heterocycles. The van der Waals surface area contributed by atoms with E-state index in [2.05, 4.69) is 37.3 Å². The van der Waals surface area contributed by atoms with Gasteiger partial charge in [-0.2, -0.15) is 9.61 Å². The number of rotatable bonds is 3. The molecule has 4 nitrogen and oxygen atoms in total. The van der Waals surface area contributed by atoms with E-state index < -0.39 is 0 Å². The summed E-state index contributed by atoms with van der Waals surface area (Å²) in [6.45, 7) is 6.57. The Balaban J connectivity index is 1.89. The maximum atomic E-state index is 6.44. The summed E-state index contributed by atoms with van der Waals surface area (Å²) in [5, 5.41) is 9.06. The summed E-state index contributed by atoms with van der Waals surface area (Å²) in [6.07, 6.45) is 6.89. The molecular weight excluding hydrogens is 344 g/mol. The van der Waals surface area contributed by atoms with Crippen molar-refractivity contribution in [2.45, 2.75) is 57.9 Å². The summed E-state index contributed by atoms with van der Waals surface area (Å²) in [7, 11) is 0. The summed E-state index contributed by atoms with van der Waals surface area (Å²) in [5.74, 6) is 1.02. The molecule has 0 spiro atoms. The van der Waals surface area contributed by atoms with Crippen molar-refractivity contribution in [3.63, 3.8) is 0 Å². The summed E-state index contributed by atoms with van der Waals surface area (Å²) in [4.78, 5) is 4.96. The van der Waals surface area contributed by atoms with Gasteiger partial charge in [0.15, 0.2) is 5.65 Å². The predicted molar refractivity (Wildman–Crippen MR) is 108 cm³/mol. The minimum Gasteiger partial charge on any atom is -0.367 e. The number of halogens is 1. The number of nitrogens with zero attached hydrogens (tertiary/aromatic N) is 3. The lowest BCUT2D eigenvalue weighted by Crippen LogP contribution is -2.20. The maximum Gasteiger partial charge on any atom is 0.165 e. The van der Waals surface area contributed by atoms with E-state index in [0.717, 1.165) is 33.3 Å². The van der Waals surface area contributed by atoms with Gasteiger partial charge in [-0.05, 0) is 18.9 Å². The lowest BCUT2D eigenvalue weighted by atomic mass is 9.92. The number of anilines is 1. The first kappa shape index (κ1) is 17.3. The van der Waals surface area contributed by atoms with E-state index in [9.17, 15) is 0 Å². The number of hydrogen-bond acceptors (Lipinski definition) is 3. The third kappa shape index (κ3) is 3.18. The normalized spacial score (nSPS) is 15.7. The number of aromatic nitrogens is 3. The highest BCUT2D eigenvalue weighted by molar-refractivity contribution is 6.33. The maximum absolute atomic E-state index is 6.44. The molecule has 3 aromatic rings. The Labute approximate surface area is 159 Å². The molecular formula is C21H25ClN4. The van der Waals surface area contributed by atoms with Crippen LogP contribution in [0, 0.1) is 0 Å². The van der Waals surface area contributed by atoms with Gasteiger partial charge in [0.2, 0.25) is 0 Å². The molecule has 1 fully saturated rings. The topological polar surface area (TPSA) is 42.2 Å². The van der Waals surface area contributed by atoms with E-state index >= 15 is 0 Å². The smallest absolute Gasteiger partial charge is 0.165 e. The molecule has 5 heteroatoms. The third-order valence-electron chi connectivity index (χ3n) is 5.11. The molecule has 0 unspecified atom stereocenters. The van der Waals surface area contributed by atoms with Gasteiger partial charge < -0.3 is 5.32 Å². The zero-order valence-electron chi connectivity index (χ0n) is 15.6. The van der Waals surface area contributed by atoms with Gasteiger partial charge in [0, 0.05) is 33.7 Å². The van der Waals surface area contributed by atoms with Crippen molar-refractivity contribution in [3.8, 4) is 11.1 Å². The molecule has 26 heavy (non-hydrogen) atoms. The fraction of sp³-hybridized carbons (Fsp3) is 0.429. The van der Waals surface area contributed by atoms with E-state index in [0.29, 0.717) is 6.04 Å². The SMILES string of the molecule is CC(C)(C)c1cc(NC2CCCC2)n2ncc(-c3ccccc3Cl)c2n1. The van der Waals surface area contributed by atoms with Crippen LogP contribution in [0.1, 0.15) is 52.1 Å². The minimum absolute atomic E-state index is 0.0458. The van der Waals surface area contributed by atoms with Crippen molar-refractivity contribution in [2.24, 2.45) is 0 Å². The Morgan fingerprint density at radius 3 is 2.54 bits per heavy atom. The van der Waals surface area contributed by atoms with Gasteiger partial charge >= 0.3 is 0 Å². The van der Waals surface area contributed by atoms with Gasteiger partial charge in [-0.25, -0.2) is 4.98 Å². The molecule has 4 rings (SSSR count). The average molecular weight is 369 g/mol. The number of fused-ring (bicyclic) bond motifs is 1. The van der Waals surface area contributed by atoms with E-state index in [1.807, 2.05) is 35.0 Å². The lowest BCUT2D eigenvalue weighted by molar-refractivity contribution is 0.568. The van der Waals surface area contributed by atoms with Gasteiger partial charge in [0.1, 0.15) is 5.82 Å². The highest BCUT2D eigenvalue weighted by Crippen LogP contribution is 2.33. The fourth-order valence-electron chi connectivity index (χ4n) is 3.60. The number of benzene rings is 1. The Hall–Kier alpha value is -2.07. The van der Waals surface area contributed by atoms with Crippen molar-refractivity contribution >= 4 is 23.1 Å². The average Bonchev–Trinajstić information content (AvgIpc) is 3.24. The second-order valence-electron chi connectivity index (χ2n) is 8.18. The van der Waals surface area contributed by atoms with Crippen LogP contribution < -0.4 is 5.32 Å². The highest BCUT2D eigenvalue weighted by Gasteiger charge is 2.23. The van der Waals surface area contributed by atoms with Crippen molar-refractivity contribution < 1.29 is 0 Å². The predicted octanol–water partition coefficient (Wildman–Crippen LogP) is 5.70. The second kappa shape index (κ2) is 6.58. The fourth-order valence-corrected chi connectivity index (χ4v) is 3.84. The highest BCUT2D eigenvalue weighted by atomic mass is 35.5. The Bertz CT molecular complexity index is 933. The molecule has 0 radical (unpaired) electrons. The van der Waals surface area contributed by atoms with E-state index in [1.54, 1.807) is 0 Å². The lowest BCUT2D eigenvalue weighted by Gasteiger charge is -2.21. The third-order valence-corrected chi connectivity index (χ3v) is 5.44. The summed E-state index contributed by atoms with van der Waals surface area (Å²) >= 11 is 6.44. The number of nitrogens with one attached hydrogen (secondary N) is 1. The van der Waals surface area contributed by atoms with Crippen molar-refractivity contribution in [3.05, 3.63) is 47.2 Å². The van der Waals surface area contributed by atoms with Crippen LogP contribution in [0.2, 0.25) is 5.02 Å². The first-order valence-corrected chi connectivity index (χ1v) is 9.72. The van der Waals surface area contributed by atoms with E-state index in [1.165, 1.54) is 25.7 Å². The molecule has 1 aliphatic carbocycles. The molecule has 1 aromatic carbocycles. The molecule has 2 heterocycles. The van der Waals surface area contributed by atoms with Crippen LogP contribution in [-0.4, -0.2) is 20.6 Å². The Morgan fingerprint density at radius 2 is 1.85 bits per heavy atom. The van der Waals surface area contributed by atoms with Gasteiger partial charge in [-0.1, -0.05) is 63.4 Å². The van der Waals surface area contributed by atoms with Crippen LogP contribution in [0.15, 0.2) is 36.5 Å². The van der Waals surface area contributed by atoms with Gasteiger partial charge in [0.25, 0.3) is 0 Å². The first-order chi connectivity index (χ1) is 12.4. The zero-order valence-corrected chi connectivity index (χ0v) is 16.3. The molecule has 0 atom stereocenters. The molecule has 1 N–H and O–H groups in total. The molecule has 0 amide bonds. The van der Waals surface area contributed by atoms with Gasteiger partial charge in [-0.3, -0.25) is 0 Å². The Kier molecular flexibility index (Phi) is 4.39. The minimum atomic E-state index is -0.0458. The van der Waals surface area contributed by atoms with Crippen molar-refractivity contribution in [1.29, 1.82) is 0 Å². The molecule has 1 saturated carbocycles. The van der Waals surface area contributed by atoms with Crippen LogP contribution in [-0.2, 0) is 5.41 Å². The van der Waals surface area contributed by atoms with Gasteiger partial charge in [-0.15, -0.1) is 0 Å². The van der Waals surface area contributed by atoms with Gasteiger partial charge in [0.05, 0.1) is 11.9 Å². The number of hydrogen-bond donors (Lipinski definition) is 1. The van der Waals surface area contributed by atoms with Crippen LogP contribution in [0.5, 0.6) is 0 Å². The van der Waals surface area contributed by atoms with Crippen molar-refractivity contribution in [2.75, 3.05) is 5.32 Å². The molecule has 1 aliphatic rings. The molecule has 0 saturated heterocycles. The van der Waals surface area contributed by atoms with E-state index in [4.69, 9.17) is 16.6 Å². The molecule has 136 valence electrons. The van der Waals surface area contributed by atoms with E-state index in [-0.39, 0.29) is 5.41 Å². The quantitative estimate of drug-likeness (QED) is 0.644. The van der Waals surface area contributed by atoms with Crippen LogP contribution in [0.3, 0.4) is 0 Å². The first-order valence-electron chi connectivity index (χ1n) is 9.34. The van der Waals surface area contributed by atoms with Crippen LogP contribution in [0.25, 0.3) is 16.8 Å². The van der Waals surface area contributed by atoms with Crippen molar-refractivity contribution in [1.82, 2.24) is 14.6 Å². The van der Waals surface area contributed by atoms with Crippen LogP contribution in [0.4, 0.5) is 5.82 Å². The largest absolute Gasteiger partial charge is 0.367 e. The molecule has 2 aromatic heterocycles. The zero-order chi connectivity index (χ0) is 18.3. The summed E-state index contributed by atoms with van der Waals surface area (Å²) < 4.78 is 1.92. The monoisotopic (exact) mass is 368 g/mol. The Morgan fingerprint density at radius 1 is 1.12 bits per heavy atom. The van der Waals surface area contributed by atoms with Crippen LogP contribution >= 0.6 is 11.6 Å². The summed E-state index contributed by atoms with van der Waals surface area (Å²) in [6, 6.07) is 10.5. The molecule has 0 bridgehead atoms. The summed E-state index contributed by atoms with van der Waals surface area (Å²) in [5.41, 5.74) is 3.80. The second-order valence-corrected chi connectivity index (χ2v) is 8.58. The standard InChI is InChI=1S/C21H25ClN4/c1-21(2,3)18-12-19(24-14-8-4-5-9-14)26-20(25-18)16(13-23-26)15-10-6-7-11-17(15)22/h6-7,10-14,24H,4-5,8-9H2,1-3H3.